The van der Waals surface area contributed by atoms with Gasteiger partial charge in [0.15, 0.2) is 0 Å². The number of likely N-dealkylation sites (tertiary alicyclic amines) is 1. The topological polar surface area (TPSA) is 147 Å². The zero-order chi connectivity index (χ0) is 30.0. The maximum absolute atomic E-state index is 13.5. The first-order chi connectivity index (χ1) is 20.0. The number of methoxy groups -OCH3 is 4. The minimum absolute atomic E-state index is 0.102. The third-order valence-electron chi connectivity index (χ3n) is 12.6. The summed E-state index contributed by atoms with van der Waals surface area (Å²) < 4.78 is 30.3. The molecule has 1 spiro atoms. The standard InChI is InChI=1S/C31H43NO10/c1-32-13-28(14-38-2)17(33)11-18(39-3)30-16-12-29(36)25(42-27(35)15-9-7-6-8-10-15)19(16)31(37,24(34)26(29)41-5)20(23(30)32)21(40-4)22(28)30/h6-10,16-26,33-34,36-37H,11-14H2,1-5H3/t16?,17-,18+,19-,20?,21+,22-,23-,24+,25-,26+,28+,29?,30+,31-/m1/s1. The SMILES string of the molecule is COC[C@]12CN(C)[C@@H]3C4[C@H](OC)[C@H]1[C@]3(C1CC3(O)[C@H](OC(=O)c5ccccc5)[C@@H]1[C@]4(O)[C@@H](O)[C@@H]3OC)[C@@H](OC)C[C@H]2O. The summed E-state index contributed by atoms with van der Waals surface area (Å²) in [5.74, 6) is -2.96. The minimum atomic E-state index is -1.86. The summed E-state index contributed by atoms with van der Waals surface area (Å²) in [5.41, 5.74) is -4.81. The molecule has 232 valence electrons. The highest BCUT2D eigenvalue weighted by Crippen LogP contribution is 2.80. The monoisotopic (exact) mass is 589 g/mol. The number of carbonyl (C=O) groups excluding carboxylic acids is 1. The Hall–Kier alpha value is -1.67. The van der Waals surface area contributed by atoms with Gasteiger partial charge in [0.25, 0.3) is 0 Å². The highest BCUT2D eigenvalue weighted by atomic mass is 16.6. The average Bonchev–Trinajstić information content (AvgIpc) is 3.37. The van der Waals surface area contributed by atoms with Crippen molar-refractivity contribution in [3.63, 3.8) is 0 Å². The molecule has 11 nitrogen and oxygen atoms in total. The van der Waals surface area contributed by atoms with E-state index in [0.717, 1.165) is 0 Å². The molecule has 5 aliphatic carbocycles. The van der Waals surface area contributed by atoms with Gasteiger partial charge in [-0.2, -0.15) is 0 Å². The van der Waals surface area contributed by atoms with Gasteiger partial charge >= 0.3 is 5.97 Å². The zero-order valence-electron chi connectivity index (χ0n) is 24.8. The first-order valence-electron chi connectivity index (χ1n) is 14.9. The van der Waals surface area contributed by atoms with Crippen molar-refractivity contribution in [2.24, 2.45) is 34.5 Å². The molecule has 1 heterocycles. The van der Waals surface area contributed by atoms with Crippen LogP contribution in [0.5, 0.6) is 0 Å². The van der Waals surface area contributed by atoms with E-state index < -0.39 is 82.4 Å². The Morgan fingerprint density at radius 3 is 2.33 bits per heavy atom. The van der Waals surface area contributed by atoms with Crippen LogP contribution >= 0.6 is 0 Å². The number of hydrogen-bond donors (Lipinski definition) is 4. The van der Waals surface area contributed by atoms with Crippen molar-refractivity contribution >= 4 is 5.97 Å². The molecular formula is C31H43NO10. The summed E-state index contributed by atoms with van der Waals surface area (Å²) >= 11 is 0. The Kier molecular flexibility index (Phi) is 6.52. The first kappa shape index (κ1) is 29.1. The summed E-state index contributed by atoms with van der Waals surface area (Å²) in [6, 6.07) is 8.22. The van der Waals surface area contributed by atoms with Crippen LogP contribution in [-0.2, 0) is 23.7 Å². The number of esters is 1. The number of nitrogens with zero attached hydrogens (tertiary/aromatic N) is 1. The fourth-order valence-electron chi connectivity index (χ4n) is 11.8. The molecule has 6 fully saturated rings. The number of aliphatic hydroxyl groups excluding tert-OH is 2. The fourth-order valence-corrected chi connectivity index (χ4v) is 11.8. The molecule has 5 saturated carbocycles. The number of aliphatic hydroxyl groups is 4. The smallest absolute Gasteiger partial charge is 0.338 e. The second-order valence-corrected chi connectivity index (χ2v) is 13.7. The Morgan fingerprint density at radius 1 is 1.00 bits per heavy atom. The van der Waals surface area contributed by atoms with Gasteiger partial charge in [-0.25, -0.2) is 4.79 Å². The summed E-state index contributed by atoms with van der Waals surface area (Å²) in [6.07, 6.45) is -5.28. The second kappa shape index (κ2) is 9.42. The normalized spacial score (nSPS) is 53.7. The van der Waals surface area contributed by atoms with Gasteiger partial charge in [0.1, 0.15) is 29.5 Å². The number of ether oxygens (including phenoxy) is 5. The van der Waals surface area contributed by atoms with Crippen molar-refractivity contribution in [3.8, 4) is 0 Å². The summed E-state index contributed by atoms with van der Waals surface area (Å²) in [4.78, 5) is 15.7. The predicted octanol–water partition coefficient (Wildman–Crippen LogP) is -0.313. The lowest BCUT2D eigenvalue weighted by Gasteiger charge is -2.69. The fraction of sp³-hybridized carbons (Fsp3) is 0.774. The molecule has 42 heavy (non-hydrogen) atoms. The molecule has 1 aromatic carbocycles. The van der Waals surface area contributed by atoms with E-state index in [1.54, 1.807) is 51.7 Å². The van der Waals surface area contributed by atoms with E-state index in [-0.39, 0.29) is 25.0 Å². The number of piperidine rings is 1. The lowest BCUT2D eigenvalue weighted by molar-refractivity contribution is -0.318. The number of hydrogen-bond acceptors (Lipinski definition) is 11. The molecule has 0 aromatic heterocycles. The van der Waals surface area contributed by atoms with Crippen LogP contribution in [0.2, 0.25) is 0 Å². The van der Waals surface area contributed by atoms with Crippen molar-refractivity contribution in [2.75, 3.05) is 48.6 Å². The molecular weight excluding hydrogens is 546 g/mol. The summed E-state index contributed by atoms with van der Waals surface area (Å²) in [6.45, 7) is 0.760. The van der Waals surface area contributed by atoms with Crippen LogP contribution in [0.15, 0.2) is 30.3 Å². The van der Waals surface area contributed by atoms with E-state index in [1.165, 1.54) is 7.11 Å². The van der Waals surface area contributed by atoms with E-state index in [9.17, 15) is 25.2 Å². The lowest BCUT2D eigenvalue weighted by atomic mass is 9.42. The van der Waals surface area contributed by atoms with Crippen LogP contribution in [0.25, 0.3) is 0 Å². The van der Waals surface area contributed by atoms with E-state index >= 15 is 0 Å². The van der Waals surface area contributed by atoms with E-state index in [0.29, 0.717) is 18.5 Å². The molecule has 3 unspecified atom stereocenters. The third kappa shape index (κ3) is 3.05. The molecule has 0 radical (unpaired) electrons. The molecule has 0 amide bonds. The molecule has 1 aliphatic heterocycles. The van der Waals surface area contributed by atoms with Crippen LogP contribution in [0.4, 0.5) is 0 Å². The van der Waals surface area contributed by atoms with Crippen molar-refractivity contribution in [3.05, 3.63) is 35.9 Å². The van der Waals surface area contributed by atoms with Crippen molar-refractivity contribution in [1.29, 1.82) is 0 Å². The molecule has 11 heteroatoms. The number of rotatable bonds is 7. The Labute approximate surface area is 245 Å². The van der Waals surface area contributed by atoms with Crippen LogP contribution < -0.4 is 0 Å². The van der Waals surface area contributed by atoms with Gasteiger partial charge in [0.2, 0.25) is 0 Å². The quantitative estimate of drug-likeness (QED) is 0.311. The van der Waals surface area contributed by atoms with Gasteiger partial charge in [-0.05, 0) is 31.5 Å². The van der Waals surface area contributed by atoms with Gasteiger partial charge < -0.3 is 49.0 Å². The van der Waals surface area contributed by atoms with E-state index in [4.69, 9.17) is 23.7 Å². The lowest BCUT2D eigenvalue weighted by Crippen LogP contribution is -2.80. The van der Waals surface area contributed by atoms with Crippen molar-refractivity contribution < 1.29 is 48.9 Å². The highest BCUT2D eigenvalue weighted by molar-refractivity contribution is 5.89. The van der Waals surface area contributed by atoms with E-state index in [2.05, 4.69) is 4.90 Å². The minimum Gasteiger partial charge on any atom is -0.455 e. The number of carbonyl (C=O) groups is 1. The highest BCUT2D eigenvalue weighted by Gasteiger charge is 2.91. The summed E-state index contributed by atoms with van der Waals surface area (Å²) in [5, 5.41) is 49.4. The van der Waals surface area contributed by atoms with Gasteiger partial charge in [-0.3, -0.25) is 0 Å². The second-order valence-electron chi connectivity index (χ2n) is 13.7. The van der Waals surface area contributed by atoms with Gasteiger partial charge in [0.05, 0.1) is 30.5 Å². The molecule has 7 bridgehead atoms. The Balaban J connectivity index is 1.47. The maximum atomic E-state index is 13.5. The van der Waals surface area contributed by atoms with Crippen molar-refractivity contribution in [2.45, 2.75) is 66.7 Å². The van der Waals surface area contributed by atoms with Crippen LogP contribution in [0.1, 0.15) is 23.2 Å². The Bertz CT molecular complexity index is 1240. The van der Waals surface area contributed by atoms with Crippen LogP contribution in [-0.4, -0.2) is 134 Å². The molecule has 7 rings (SSSR count). The summed E-state index contributed by atoms with van der Waals surface area (Å²) in [7, 11) is 8.22. The average molecular weight is 590 g/mol. The van der Waals surface area contributed by atoms with Gasteiger partial charge in [0, 0.05) is 76.0 Å². The van der Waals surface area contributed by atoms with E-state index in [1.807, 2.05) is 7.05 Å². The third-order valence-corrected chi connectivity index (χ3v) is 12.6. The molecule has 1 aromatic rings. The van der Waals surface area contributed by atoms with Gasteiger partial charge in [-0.1, -0.05) is 18.2 Å². The van der Waals surface area contributed by atoms with Crippen LogP contribution in [0, 0.1) is 34.5 Å². The van der Waals surface area contributed by atoms with Crippen molar-refractivity contribution in [1.82, 2.24) is 4.90 Å². The Morgan fingerprint density at radius 2 is 1.71 bits per heavy atom. The zero-order valence-corrected chi connectivity index (χ0v) is 24.8. The maximum Gasteiger partial charge on any atom is 0.338 e. The largest absolute Gasteiger partial charge is 0.455 e. The first-order valence-corrected chi connectivity index (χ1v) is 14.9. The molecule has 6 aliphatic rings. The number of benzene rings is 1. The predicted molar refractivity (Wildman–Crippen MR) is 146 cm³/mol. The number of fused-ring (bicyclic) bond motifs is 2. The molecule has 4 N–H and O–H groups in total. The van der Waals surface area contributed by atoms with Crippen LogP contribution in [0.3, 0.4) is 0 Å². The molecule has 15 atom stereocenters. The molecule has 1 saturated heterocycles. The van der Waals surface area contributed by atoms with Gasteiger partial charge in [-0.15, -0.1) is 0 Å².